The van der Waals surface area contributed by atoms with Crippen molar-refractivity contribution in [1.82, 2.24) is 20.0 Å². The standard InChI is InChI=1S/C21H27N5O2/c1-13(2)17-11-16(25-26(17)21(3,4)5)20(27)22-19-12-15(23-24-19)14-9-7-8-10-18(14)28-6/h7-13H,1-6H3,(H2,22,23,24,27). The van der Waals surface area contributed by atoms with E-state index in [1.54, 1.807) is 13.2 Å². The number of carbonyl (C=O) groups is 1. The highest BCUT2D eigenvalue weighted by atomic mass is 16.5. The van der Waals surface area contributed by atoms with Crippen molar-refractivity contribution in [1.29, 1.82) is 0 Å². The number of anilines is 1. The molecule has 148 valence electrons. The lowest BCUT2D eigenvalue weighted by atomic mass is 10.1. The fourth-order valence-electron chi connectivity index (χ4n) is 3.03. The molecule has 28 heavy (non-hydrogen) atoms. The number of H-pyrrole nitrogens is 1. The molecular weight excluding hydrogens is 354 g/mol. The van der Waals surface area contributed by atoms with E-state index >= 15 is 0 Å². The minimum absolute atomic E-state index is 0.207. The van der Waals surface area contributed by atoms with Gasteiger partial charge in [-0.3, -0.25) is 14.6 Å². The lowest BCUT2D eigenvalue weighted by Crippen LogP contribution is -2.26. The molecule has 0 saturated carbocycles. The predicted molar refractivity (Wildman–Crippen MR) is 110 cm³/mol. The van der Waals surface area contributed by atoms with Gasteiger partial charge in [0.15, 0.2) is 11.5 Å². The van der Waals surface area contributed by atoms with E-state index in [0.29, 0.717) is 11.5 Å². The van der Waals surface area contributed by atoms with Crippen LogP contribution in [0.15, 0.2) is 36.4 Å². The molecule has 1 aromatic carbocycles. The summed E-state index contributed by atoms with van der Waals surface area (Å²) in [7, 11) is 1.62. The Hall–Kier alpha value is -3.09. The molecule has 0 aliphatic carbocycles. The summed E-state index contributed by atoms with van der Waals surface area (Å²) in [6, 6.07) is 11.3. The summed E-state index contributed by atoms with van der Waals surface area (Å²) in [4.78, 5) is 12.7. The van der Waals surface area contributed by atoms with Gasteiger partial charge in [0.1, 0.15) is 5.75 Å². The Morgan fingerprint density at radius 2 is 1.93 bits per heavy atom. The zero-order valence-electron chi connectivity index (χ0n) is 17.2. The Balaban J connectivity index is 1.84. The van der Waals surface area contributed by atoms with Crippen LogP contribution in [-0.2, 0) is 5.54 Å². The normalized spacial score (nSPS) is 11.7. The lowest BCUT2D eigenvalue weighted by molar-refractivity contribution is 0.102. The summed E-state index contributed by atoms with van der Waals surface area (Å²) in [5.74, 6) is 1.13. The zero-order valence-corrected chi connectivity index (χ0v) is 17.2. The third-order valence-corrected chi connectivity index (χ3v) is 4.41. The van der Waals surface area contributed by atoms with Gasteiger partial charge in [-0.05, 0) is 44.9 Å². The first-order valence-electron chi connectivity index (χ1n) is 9.31. The van der Waals surface area contributed by atoms with Gasteiger partial charge >= 0.3 is 0 Å². The van der Waals surface area contributed by atoms with Crippen molar-refractivity contribution in [3.63, 3.8) is 0 Å². The molecule has 0 fully saturated rings. The second-order valence-electron chi connectivity index (χ2n) is 8.01. The van der Waals surface area contributed by atoms with Crippen molar-refractivity contribution >= 4 is 11.7 Å². The topological polar surface area (TPSA) is 84.8 Å². The summed E-state index contributed by atoms with van der Waals surface area (Å²) in [5, 5.41) is 14.5. The lowest BCUT2D eigenvalue weighted by Gasteiger charge is -2.23. The van der Waals surface area contributed by atoms with E-state index in [1.807, 2.05) is 35.0 Å². The molecule has 7 nitrogen and oxygen atoms in total. The molecule has 0 spiro atoms. The number of nitrogens with one attached hydrogen (secondary N) is 2. The molecule has 2 N–H and O–H groups in total. The van der Waals surface area contributed by atoms with Gasteiger partial charge in [-0.1, -0.05) is 26.0 Å². The van der Waals surface area contributed by atoms with Gasteiger partial charge < -0.3 is 10.1 Å². The molecule has 0 atom stereocenters. The van der Waals surface area contributed by atoms with E-state index in [1.165, 1.54) is 0 Å². The van der Waals surface area contributed by atoms with Gasteiger partial charge in [-0.15, -0.1) is 0 Å². The molecule has 3 aromatic rings. The quantitative estimate of drug-likeness (QED) is 0.685. The monoisotopic (exact) mass is 381 g/mol. The summed E-state index contributed by atoms with van der Waals surface area (Å²) in [5.41, 5.74) is 2.82. The number of methoxy groups -OCH3 is 1. The van der Waals surface area contributed by atoms with E-state index in [4.69, 9.17) is 4.74 Å². The highest BCUT2D eigenvalue weighted by Gasteiger charge is 2.24. The molecule has 2 heterocycles. The highest BCUT2D eigenvalue weighted by Crippen LogP contribution is 2.29. The molecule has 0 bridgehead atoms. The van der Waals surface area contributed by atoms with Crippen LogP contribution in [0.2, 0.25) is 0 Å². The Morgan fingerprint density at radius 1 is 1.21 bits per heavy atom. The molecule has 0 radical (unpaired) electrons. The number of rotatable bonds is 5. The molecule has 1 amide bonds. The second kappa shape index (κ2) is 7.50. The van der Waals surface area contributed by atoms with Crippen LogP contribution < -0.4 is 10.1 Å². The molecule has 3 rings (SSSR count). The van der Waals surface area contributed by atoms with Crippen molar-refractivity contribution < 1.29 is 9.53 Å². The van der Waals surface area contributed by atoms with Gasteiger partial charge in [0.25, 0.3) is 5.91 Å². The van der Waals surface area contributed by atoms with Crippen LogP contribution in [0.5, 0.6) is 5.75 Å². The average molecular weight is 381 g/mol. The molecular formula is C21H27N5O2. The molecule has 2 aromatic heterocycles. The number of hydrogen-bond acceptors (Lipinski definition) is 4. The first-order valence-corrected chi connectivity index (χ1v) is 9.31. The molecule has 0 unspecified atom stereocenters. The number of hydrogen-bond donors (Lipinski definition) is 2. The molecule has 0 saturated heterocycles. The Kier molecular flexibility index (Phi) is 5.27. The van der Waals surface area contributed by atoms with E-state index in [9.17, 15) is 4.79 Å². The highest BCUT2D eigenvalue weighted by molar-refractivity contribution is 6.02. The number of nitrogens with zero attached hydrogens (tertiary/aromatic N) is 3. The number of carbonyl (C=O) groups excluding carboxylic acids is 1. The third-order valence-electron chi connectivity index (χ3n) is 4.41. The van der Waals surface area contributed by atoms with Gasteiger partial charge in [-0.2, -0.15) is 10.2 Å². The summed E-state index contributed by atoms with van der Waals surface area (Å²) in [6.07, 6.45) is 0. The summed E-state index contributed by atoms with van der Waals surface area (Å²) >= 11 is 0. The van der Waals surface area contributed by atoms with Gasteiger partial charge in [-0.25, -0.2) is 0 Å². The predicted octanol–water partition coefficient (Wildman–Crippen LogP) is 4.41. The summed E-state index contributed by atoms with van der Waals surface area (Å²) < 4.78 is 7.30. The van der Waals surface area contributed by atoms with Crippen LogP contribution in [0.1, 0.15) is 56.7 Å². The Labute approximate surface area is 165 Å². The number of aromatic nitrogens is 4. The van der Waals surface area contributed by atoms with Gasteiger partial charge in [0.05, 0.1) is 18.3 Å². The van der Waals surface area contributed by atoms with Gasteiger partial charge in [0, 0.05) is 17.3 Å². The van der Waals surface area contributed by atoms with Gasteiger partial charge in [0.2, 0.25) is 0 Å². The number of aromatic amines is 1. The first-order chi connectivity index (χ1) is 13.2. The van der Waals surface area contributed by atoms with Crippen LogP contribution in [0.4, 0.5) is 5.82 Å². The molecule has 7 heteroatoms. The number of amides is 1. The number of ether oxygens (including phenoxy) is 1. The smallest absolute Gasteiger partial charge is 0.277 e. The van der Waals surface area contributed by atoms with E-state index in [0.717, 1.165) is 22.7 Å². The van der Waals surface area contributed by atoms with Crippen molar-refractivity contribution in [3.05, 3.63) is 47.8 Å². The zero-order chi connectivity index (χ0) is 20.5. The largest absolute Gasteiger partial charge is 0.496 e. The maximum absolute atomic E-state index is 12.7. The fourth-order valence-corrected chi connectivity index (χ4v) is 3.03. The minimum atomic E-state index is -0.289. The Morgan fingerprint density at radius 3 is 2.54 bits per heavy atom. The Bertz CT molecular complexity index is 979. The van der Waals surface area contributed by atoms with Crippen molar-refractivity contribution in [2.24, 2.45) is 0 Å². The fraction of sp³-hybridized carbons (Fsp3) is 0.381. The van der Waals surface area contributed by atoms with Crippen LogP contribution in [0.3, 0.4) is 0 Å². The molecule has 0 aliphatic heterocycles. The summed E-state index contributed by atoms with van der Waals surface area (Å²) in [6.45, 7) is 10.4. The molecule has 0 aliphatic rings. The van der Waals surface area contributed by atoms with Crippen molar-refractivity contribution in [2.45, 2.75) is 46.1 Å². The van der Waals surface area contributed by atoms with Crippen molar-refractivity contribution in [3.8, 4) is 17.0 Å². The average Bonchev–Trinajstić information content (AvgIpc) is 3.28. The number of para-hydroxylation sites is 1. The maximum atomic E-state index is 12.7. The maximum Gasteiger partial charge on any atom is 0.277 e. The third kappa shape index (κ3) is 3.93. The van der Waals surface area contributed by atoms with Crippen LogP contribution in [0.25, 0.3) is 11.3 Å². The van der Waals surface area contributed by atoms with Crippen LogP contribution in [-0.4, -0.2) is 33.0 Å². The van der Waals surface area contributed by atoms with Crippen LogP contribution >= 0.6 is 0 Å². The van der Waals surface area contributed by atoms with E-state index in [-0.39, 0.29) is 17.4 Å². The minimum Gasteiger partial charge on any atom is -0.496 e. The van der Waals surface area contributed by atoms with Crippen LogP contribution in [0, 0.1) is 0 Å². The SMILES string of the molecule is COc1ccccc1-c1cc(NC(=O)c2cc(C(C)C)n(C(C)(C)C)n2)n[nH]1. The second-order valence-corrected chi connectivity index (χ2v) is 8.01. The first kappa shape index (κ1) is 19.7. The van der Waals surface area contributed by atoms with Crippen molar-refractivity contribution in [2.75, 3.05) is 12.4 Å². The van der Waals surface area contributed by atoms with E-state index < -0.39 is 0 Å². The number of benzene rings is 1. The van der Waals surface area contributed by atoms with E-state index in [2.05, 4.69) is 55.2 Å².